The normalized spacial score (nSPS) is 11.0. The van der Waals surface area contributed by atoms with Gasteiger partial charge in [-0.05, 0) is 30.7 Å². The molecule has 0 spiro atoms. The predicted molar refractivity (Wildman–Crippen MR) is 95.7 cm³/mol. The van der Waals surface area contributed by atoms with Crippen LogP contribution in [0.5, 0.6) is 0 Å². The van der Waals surface area contributed by atoms with E-state index in [1.807, 2.05) is 0 Å². The van der Waals surface area contributed by atoms with Gasteiger partial charge in [0.05, 0.1) is 27.6 Å². The molecule has 0 aliphatic heterocycles. The van der Waals surface area contributed by atoms with Gasteiger partial charge in [0.15, 0.2) is 0 Å². The lowest BCUT2D eigenvalue weighted by atomic mass is 10.1. The lowest BCUT2D eigenvalue weighted by Crippen LogP contribution is -2.15. The van der Waals surface area contributed by atoms with Crippen molar-refractivity contribution in [3.63, 3.8) is 0 Å². The SMILES string of the molecule is Cc1ccc(C(=O)Nc2cc([N+](=O)[O-])ccc2Cl)cc1NS(C)(=O)=O. The van der Waals surface area contributed by atoms with E-state index in [0.29, 0.717) is 5.56 Å². The third kappa shape index (κ3) is 4.91. The molecule has 0 heterocycles. The Bertz CT molecular complexity index is 960. The van der Waals surface area contributed by atoms with Crippen molar-refractivity contribution in [1.82, 2.24) is 0 Å². The van der Waals surface area contributed by atoms with E-state index >= 15 is 0 Å². The summed E-state index contributed by atoms with van der Waals surface area (Å²) in [4.78, 5) is 22.6. The molecular weight excluding hydrogens is 370 g/mol. The number of nitrogens with zero attached hydrogens (tertiary/aromatic N) is 1. The Hall–Kier alpha value is -2.65. The number of nitrogens with one attached hydrogen (secondary N) is 2. The number of carbonyl (C=O) groups is 1. The second-order valence-corrected chi connectivity index (χ2v) is 7.43. The second kappa shape index (κ2) is 7.08. The van der Waals surface area contributed by atoms with Crippen molar-refractivity contribution >= 4 is 44.6 Å². The van der Waals surface area contributed by atoms with E-state index in [0.717, 1.165) is 12.3 Å². The zero-order valence-corrected chi connectivity index (χ0v) is 14.8. The van der Waals surface area contributed by atoms with Crippen LogP contribution in [0.25, 0.3) is 0 Å². The van der Waals surface area contributed by atoms with Crippen molar-refractivity contribution in [3.05, 3.63) is 62.7 Å². The third-order valence-electron chi connectivity index (χ3n) is 3.20. The fourth-order valence-corrected chi connectivity index (χ4v) is 2.77. The lowest BCUT2D eigenvalue weighted by molar-refractivity contribution is -0.384. The minimum Gasteiger partial charge on any atom is -0.320 e. The van der Waals surface area contributed by atoms with Crippen LogP contribution < -0.4 is 10.0 Å². The molecule has 25 heavy (non-hydrogen) atoms. The number of nitro groups is 1. The Balaban J connectivity index is 2.31. The third-order valence-corrected chi connectivity index (χ3v) is 4.12. The van der Waals surface area contributed by atoms with Gasteiger partial charge in [-0.25, -0.2) is 8.42 Å². The van der Waals surface area contributed by atoms with Crippen molar-refractivity contribution < 1.29 is 18.1 Å². The highest BCUT2D eigenvalue weighted by Gasteiger charge is 2.15. The van der Waals surface area contributed by atoms with Gasteiger partial charge in [0.25, 0.3) is 11.6 Å². The molecule has 0 aromatic heterocycles. The van der Waals surface area contributed by atoms with Crippen LogP contribution in [0.2, 0.25) is 5.02 Å². The highest BCUT2D eigenvalue weighted by molar-refractivity contribution is 7.92. The van der Waals surface area contributed by atoms with E-state index in [4.69, 9.17) is 11.6 Å². The number of rotatable bonds is 5. The van der Waals surface area contributed by atoms with Crippen LogP contribution in [-0.2, 0) is 10.0 Å². The summed E-state index contributed by atoms with van der Waals surface area (Å²) in [7, 11) is -3.50. The Kier molecular flexibility index (Phi) is 5.29. The van der Waals surface area contributed by atoms with Gasteiger partial charge >= 0.3 is 0 Å². The number of amides is 1. The highest BCUT2D eigenvalue weighted by atomic mass is 35.5. The average molecular weight is 384 g/mol. The van der Waals surface area contributed by atoms with Gasteiger partial charge in [0, 0.05) is 17.7 Å². The van der Waals surface area contributed by atoms with Gasteiger partial charge in [-0.2, -0.15) is 0 Å². The minimum absolute atomic E-state index is 0.0825. The van der Waals surface area contributed by atoms with E-state index in [1.165, 1.54) is 24.3 Å². The molecule has 10 heteroatoms. The first-order chi connectivity index (χ1) is 11.6. The molecular formula is C15H14ClN3O5S. The Morgan fingerprint density at radius 3 is 2.44 bits per heavy atom. The Labute approximate surface area is 149 Å². The molecule has 0 atom stereocenters. The zero-order chi connectivity index (χ0) is 18.8. The van der Waals surface area contributed by atoms with Crippen molar-refractivity contribution in [2.45, 2.75) is 6.92 Å². The van der Waals surface area contributed by atoms with Gasteiger partial charge < -0.3 is 5.32 Å². The van der Waals surface area contributed by atoms with Crippen LogP contribution in [0.4, 0.5) is 17.1 Å². The number of non-ortho nitro benzene ring substituents is 1. The van der Waals surface area contributed by atoms with Gasteiger partial charge in [-0.3, -0.25) is 19.6 Å². The monoisotopic (exact) mass is 383 g/mol. The molecule has 8 nitrogen and oxygen atoms in total. The van der Waals surface area contributed by atoms with Gasteiger partial charge in [-0.15, -0.1) is 0 Å². The summed E-state index contributed by atoms with van der Waals surface area (Å²) in [5, 5.41) is 13.4. The van der Waals surface area contributed by atoms with E-state index in [2.05, 4.69) is 10.0 Å². The van der Waals surface area contributed by atoms with Crippen LogP contribution in [-0.4, -0.2) is 25.5 Å². The summed E-state index contributed by atoms with van der Waals surface area (Å²) < 4.78 is 25.1. The molecule has 2 aromatic carbocycles. The molecule has 132 valence electrons. The number of nitro benzene ring substituents is 1. The summed E-state index contributed by atoms with van der Waals surface area (Å²) in [5.41, 5.74) is 0.928. The number of hydrogen-bond acceptors (Lipinski definition) is 5. The van der Waals surface area contributed by atoms with E-state index in [1.54, 1.807) is 13.0 Å². The molecule has 0 saturated heterocycles. The maximum absolute atomic E-state index is 12.4. The average Bonchev–Trinajstić information content (AvgIpc) is 2.50. The summed E-state index contributed by atoms with van der Waals surface area (Å²) in [6.07, 6.45) is 1.00. The van der Waals surface area contributed by atoms with Crippen molar-refractivity contribution in [2.24, 2.45) is 0 Å². The summed E-state index contributed by atoms with van der Waals surface area (Å²) in [5.74, 6) is -0.584. The molecule has 0 unspecified atom stereocenters. The number of hydrogen-bond donors (Lipinski definition) is 2. The molecule has 0 aliphatic rings. The van der Waals surface area contributed by atoms with Crippen molar-refractivity contribution in [1.29, 1.82) is 0 Å². The Morgan fingerprint density at radius 1 is 1.16 bits per heavy atom. The smallest absolute Gasteiger partial charge is 0.271 e. The first-order valence-corrected chi connectivity index (χ1v) is 9.17. The van der Waals surface area contributed by atoms with Crippen molar-refractivity contribution in [3.8, 4) is 0 Å². The number of anilines is 2. The first kappa shape index (κ1) is 18.7. The van der Waals surface area contributed by atoms with Crippen LogP contribution in [0.15, 0.2) is 36.4 Å². The predicted octanol–water partition coefficient (Wildman–Crippen LogP) is 3.18. The first-order valence-electron chi connectivity index (χ1n) is 6.90. The number of benzene rings is 2. The molecule has 0 radical (unpaired) electrons. The quantitative estimate of drug-likeness (QED) is 0.607. The maximum atomic E-state index is 12.4. The fourth-order valence-electron chi connectivity index (χ4n) is 1.99. The largest absolute Gasteiger partial charge is 0.320 e. The molecule has 2 rings (SSSR count). The Morgan fingerprint density at radius 2 is 1.84 bits per heavy atom. The number of sulfonamides is 1. The van der Waals surface area contributed by atoms with Gasteiger partial charge in [0.2, 0.25) is 10.0 Å². The van der Waals surface area contributed by atoms with Crippen LogP contribution >= 0.6 is 11.6 Å². The molecule has 0 saturated carbocycles. The number of halogens is 1. The maximum Gasteiger partial charge on any atom is 0.271 e. The van der Waals surface area contributed by atoms with E-state index in [-0.39, 0.29) is 27.6 Å². The van der Waals surface area contributed by atoms with Crippen LogP contribution in [0.3, 0.4) is 0 Å². The molecule has 0 aliphatic carbocycles. The number of aryl methyl sites for hydroxylation is 1. The van der Waals surface area contributed by atoms with E-state index in [9.17, 15) is 23.3 Å². The zero-order valence-electron chi connectivity index (χ0n) is 13.2. The highest BCUT2D eigenvalue weighted by Crippen LogP contribution is 2.27. The molecule has 2 N–H and O–H groups in total. The van der Waals surface area contributed by atoms with Gasteiger partial charge in [0.1, 0.15) is 0 Å². The standard InChI is InChI=1S/C15H14ClN3O5S/c1-9-3-4-10(7-13(9)18-25(2,23)24)15(20)17-14-8-11(19(21)22)5-6-12(14)16/h3-8,18H,1-2H3,(H,17,20). The molecule has 2 aromatic rings. The molecule has 0 fully saturated rings. The number of carbonyl (C=O) groups excluding carboxylic acids is 1. The topological polar surface area (TPSA) is 118 Å². The van der Waals surface area contributed by atoms with Crippen LogP contribution in [0.1, 0.15) is 15.9 Å². The second-order valence-electron chi connectivity index (χ2n) is 5.28. The summed E-state index contributed by atoms with van der Waals surface area (Å²) in [6, 6.07) is 8.13. The van der Waals surface area contributed by atoms with E-state index < -0.39 is 20.9 Å². The van der Waals surface area contributed by atoms with Crippen LogP contribution in [0, 0.1) is 17.0 Å². The molecule has 1 amide bonds. The molecule has 0 bridgehead atoms. The lowest BCUT2D eigenvalue weighted by Gasteiger charge is -2.11. The minimum atomic E-state index is -3.50. The summed E-state index contributed by atoms with van der Waals surface area (Å²) >= 11 is 5.95. The fraction of sp³-hybridized carbons (Fsp3) is 0.133. The van der Waals surface area contributed by atoms with Crippen molar-refractivity contribution in [2.75, 3.05) is 16.3 Å². The van der Waals surface area contributed by atoms with Gasteiger partial charge in [-0.1, -0.05) is 17.7 Å². The summed E-state index contributed by atoms with van der Waals surface area (Å²) in [6.45, 7) is 1.69.